The highest BCUT2D eigenvalue weighted by molar-refractivity contribution is 5.85. The smallest absolute Gasteiger partial charge is 0.123 e. The van der Waals surface area contributed by atoms with Crippen LogP contribution in [-0.4, -0.2) is 37.1 Å². The standard InChI is InChI=1S/C19H22F2N2.ClH/c1-14-12-23(11-10-22-14)13-19(15-2-6-17(20)7-3-15)16-4-8-18(21)9-5-16;/h2-9,14,19,22H,10-13H2,1H3;1H/t14-;/m1./s1. The number of hydrogen-bond acceptors (Lipinski definition) is 2. The molecule has 0 saturated carbocycles. The first-order chi connectivity index (χ1) is 11.1. The van der Waals surface area contributed by atoms with Gasteiger partial charge in [-0.2, -0.15) is 0 Å². The molecule has 130 valence electrons. The number of benzene rings is 2. The van der Waals surface area contributed by atoms with E-state index in [-0.39, 0.29) is 30.0 Å². The zero-order valence-electron chi connectivity index (χ0n) is 13.7. The van der Waals surface area contributed by atoms with E-state index in [0.29, 0.717) is 6.04 Å². The summed E-state index contributed by atoms with van der Waals surface area (Å²) in [4.78, 5) is 2.42. The molecule has 0 unspecified atom stereocenters. The third-order valence-electron chi connectivity index (χ3n) is 4.44. The summed E-state index contributed by atoms with van der Waals surface area (Å²) in [5.41, 5.74) is 2.12. The van der Waals surface area contributed by atoms with Crippen molar-refractivity contribution in [1.29, 1.82) is 0 Å². The van der Waals surface area contributed by atoms with Crippen molar-refractivity contribution >= 4 is 12.4 Å². The molecule has 2 aromatic rings. The molecule has 0 bridgehead atoms. The number of hydrogen-bond donors (Lipinski definition) is 1. The van der Waals surface area contributed by atoms with Gasteiger partial charge in [-0.15, -0.1) is 12.4 Å². The molecule has 5 heteroatoms. The van der Waals surface area contributed by atoms with Crippen LogP contribution in [0.1, 0.15) is 24.0 Å². The van der Waals surface area contributed by atoms with Crippen LogP contribution in [0.4, 0.5) is 8.78 Å². The molecule has 24 heavy (non-hydrogen) atoms. The number of nitrogens with one attached hydrogen (secondary N) is 1. The zero-order chi connectivity index (χ0) is 16.2. The first kappa shape index (κ1) is 18.8. The van der Waals surface area contributed by atoms with E-state index >= 15 is 0 Å². The molecule has 1 N–H and O–H groups in total. The van der Waals surface area contributed by atoms with Gasteiger partial charge in [0, 0.05) is 38.1 Å². The van der Waals surface area contributed by atoms with Gasteiger partial charge in [0.05, 0.1) is 0 Å². The van der Waals surface area contributed by atoms with Crippen molar-refractivity contribution in [2.45, 2.75) is 18.9 Å². The Morgan fingerprint density at radius 3 is 1.96 bits per heavy atom. The molecule has 1 aliphatic heterocycles. The molecule has 0 spiro atoms. The van der Waals surface area contributed by atoms with E-state index in [9.17, 15) is 8.78 Å². The SMILES string of the molecule is C[C@@H]1CN(CC(c2ccc(F)cc2)c2ccc(F)cc2)CCN1.Cl. The summed E-state index contributed by atoms with van der Waals surface area (Å²) in [6, 6.07) is 13.7. The summed E-state index contributed by atoms with van der Waals surface area (Å²) in [5, 5.41) is 3.44. The Balaban J connectivity index is 0.00000208. The zero-order valence-corrected chi connectivity index (χ0v) is 14.5. The first-order valence-electron chi connectivity index (χ1n) is 8.08. The van der Waals surface area contributed by atoms with Crippen molar-refractivity contribution in [3.63, 3.8) is 0 Å². The normalized spacial score (nSPS) is 18.4. The Morgan fingerprint density at radius 1 is 1.00 bits per heavy atom. The van der Waals surface area contributed by atoms with Gasteiger partial charge in [0.1, 0.15) is 11.6 Å². The lowest BCUT2D eigenvalue weighted by atomic mass is 9.90. The fourth-order valence-electron chi connectivity index (χ4n) is 3.23. The molecule has 3 rings (SSSR count). The first-order valence-corrected chi connectivity index (χ1v) is 8.08. The number of rotatable bonds is 4. The van der Waals surface area contributed by atoms with Gasteiger partial charge in [-0.25, -0.2) is 8.78 Å². The van der Waals surface area contributed by atoms with Gasteiger partial charge in [-0.3, -0.25) is 4.90 Å². The predicted molar refractivity (Wildman–Crippen MR) is 95.8 cm³/mol. The van der Waals surface area contributed by atoms with E-state index in [4.69, 9.17) is 0 Å². The molecule has 0 amide bonds. The van der Waals surface area contributed by atoms with Crippen LogP contribution in [0, 0.1) is 11.6 Å². The van der Waals surface area contributed by atoms with E-state index in [1.165, 1.54) is 24.3 Å². The summed E-state index contributed by atoms with van der Waals surface area (Å²) >= 11 is 0. The predicted octanol–water partition coefficient (Wildman–Crippen LogP) is 3.81. The fraction of sp³-hybridized carbons (Fsp3) is 0.368. The minimum atomic E-state index is -0.234. The molecule has 0 aliphatic carbocycles. The summed E-state index contributed by atoms with van der Waals surface area (Å²) in [6.07, 6.45) is 0. The fourth-order valence-corrected chi connectivity index (χ4v) is 3.23. The minimum absolute atomic E-state index is 0. The van der Waals surface area contributed by atoms with Gasteiger partial charge >= 0.3 is 0 Å². The van der Waals surface area contributed by atoms with Crippen molar-refractivity contribution in [2.75, 3.05) is 26.2 Å². The van der Waals surface area contributed by atoms with E-state index < -0.39 is 0 Å². The molecule has 1 saturated heterocycles. The highest BCUT2D eigenvalue weighted by atomic mass is 35.5. The Hall–Kier alpha value is -1.49. The van der Waals surface area contributed by atoms with Crippen LogP contribution in [0.5, 0.6) is 0 Å². The average molecular weight is 353 g/mol. The lowest BCUT2D eigenvalue weighted by Crippen LogP contribution is -2.50. The van der Waals surface area contributed by atoms with Crippen molar-refractivity contribution in [3.05, 3.63) is 71.3 Å². The Morgan fingerprint density at radius 2 is 1.50 bits per heavy atom. The molecule has 0 aromatic heterocycles. The van der Waals surface area contributed by atoms with E-state index in [1.807, 2.05) is 24.3 Å². The molecule has 1 fully saturated rings. The number of piperazine rings is 1. The molecule has 2 nitrogen and oxygen atoms in total. The summed E-state index contributed by atoms with van der Waals surface area (Å²) in [7, 11) is 0. The topological polar surface area (TPSA) is 15.3 Å². The molecule has 1 heterocycles. The molecule has 1 aliphatic rings. The maximum absolute atomic E-state index is 13.2. The lowest BCUT2D eigenvalue weighted by Gasteiger charge is -2.34. The average Bonchev–Trinajstić information content (AvgIpc) is 2.55. The largest absolute Gasteiger partial charge is 0.312 e. The van der Waals surface area contributed by atoms with Crippen LogP contribution in [-0.2, 0) is 0 Å². The monoisotopic (exact) mass is 352 g/mol. The third kappa shape index (κ3) is 4.76. The number of halogens is 3. The van der Waals surface area contributed by atoms with Crippen LogP contribution < -0.4 is 5.32 Å². The summed E-state index contributed by atoms with van der Waals surface area (Å²) < 4.78 is 26.5. The Kier molecular flexibility index (Phi) is 6.72. The maximum Gasteiger partial charge on any atom is 0.123 e. The lowest BCUT2D eigenvalue weighted by molar-refractivity contribution is 0.202. The second kappa shape index (κ2) is 8.56. The van der Waals surface area contributed by atoms with Gasteiger partial charge in [0.2, 0.25) is 0 Å². The maximum atomic E-state index is 13.2. The molecule has 2 aromatic carbocycles. The highest BCUT2D eigenvalue weighted by Crippen LogP contribution is 2.26. The van der Waals surface area contributed by atoms with Gasteiger partial charge in [-0.05, 0) is 42.3 Å². The van der Waals surface area contributed by atoms with E-state index in [2.05, 4.69) is 17.1 Å². The van der Waals surface area contributed by atoms with Crippen molar-refractivity contribution in [3.8, 4) is 0 Å². The Labute approximate surface area is 148 Å². The third-order valence-corrected chi connectivity index (χ3v) is 4.44. The van der Waals surface area contributed by atoms with Gasteiger partial charge in [0.15, 0.2) is 0 Å². The van der Waals surface area contributed by atoms with Crippen molar-refractivity contribution in [2.24, 2.45) is 0 Å². The molecular formula is C19H23ClF2N2. The highest BCUT2D eigenvalue weighted by Gasteiger charge is 2.22. The second-order valence-corrected chi connectivity index (χ2v) is 6.27. The van der Waals surface area contributed by atoms with Gasteiger partial charge < -0.3 is 5.32 Å². The van der Waals surface area contributed by atoms with Crippen LogP contribution in [0.3, 0.4) is 0 Å². The van der Waals surface area contributed by atoms with Gasteiger partial charge in [0.25, 0.3) is 0 Å². The van der Waals surface area contributed by atoms with Crippen molar-refractivity contribution < 1.29 is 8.78 Å². The molecular weight excluding hydrogens is 330 g/mol. The number of nitrogens with zero attached hydrogens (tertiary/aromatic N) is 1. The van der Waals surface area contributed by atoms with Crippen molar-refractivity contribution in [1.82, 2.24) is 10.2 Å². The van der Waals surface area contributed by atoms with Gasteiger partial charge in [-0.1, -0.05) is 24.3 Å². The van der Waals surface area contributed by atoms with E-state index in [1.54, 1.807) is 0 Å². The van der Waals surface area contributed by atoms with Crippen LogP contribution >= 0.6 is 12.4 Å². The van der Waals surface area contributed by atoms with Crippen LogP contribution in [0.15, 0.2) is 48.5 Å². The van der Waals surface area contributed by atoms with Crippen LogP contribution in [0.2, 0.25) is 0 Å². The second-order valence-electron chi connectivity index (χ2n) is 6.27. The minimum Gasteiger partial charge on any atom is -0.312 e. The summed E-state index contributed by atoms with van der Waals surface area (Å²) in [5.74, 6) is -0.355. The quantitative estimate of drug-likeness (QED) is 0.900. The molecule has 1 atom stereocenters. The van der Waals surface area contributed by atoms with E-state index in [0.717, 1.165) is 37.3 Å². The Bertz CT molecular complexity index is 585. The molecule has 0 radical (unpaired) electrons. The summed E-state index contributed by atoms with van der Waals surface area (Å²) in [6.45, 7) is 5.98. The van der Waals surface area contributed by atoms with Crippen LogP contribution in [0.25, 0.3) is 0 Å².